The number of carboxylic acids is 1. The minimum Gasteiger partial charge on any atom is -0.496 e. The van der Waals surface area contributed by atoms with Crippen LogP contribution in [0.4, 0.5) is 11.4 Å². The molecule has 0 bridgehead atoms. The number of ether oxygens (including phenoxy) is 1. The lowest BCUT2D eigenvalue weighted by Gasteiger charge is -2.16. The summed E-state index contributed by atoms with van der Waals surface area (Å²) in [5.41, 5.74) is -0.758. The molecule has 0 fully saturated rings. The first-order valence-electron chi connectivity index (χ1n) is 5.13. The van der Waals surface area contributed by atoms with Gasteiger partial charge >= 0.3 is 5.97 Å². The summed E-state index contributed by atoms with van der Waals surface area (Å²) in [6.07, 6.45) is 0. The molecule has 0 unspecified atom stereocenters. The van der Waals surface area contributed by atoms with Crippen molar-refractivity contribution >= 4 is 23.3 Å². The molecule has 0 saturated heterocycles. The van der Waals surface area contributed by atoms with Crippen molar-refractivity contribution in [1.82, 2.24) is 0 Å². The smallest absolute Gasteiger partial charge is 0.339 e. The minimum absolute atomic E-state index is 0.101. The molecule has 0 heterocycles. The van der Waals surface area contributed by atoms with E-state index in [4.69, 9.17) is 9.84 Å². The van der Waals surface area contributed by atoms with E-state index in [2.05, 4.69) is 0 Å². The molecule has 1 aromatic rings. The van der Waals surface area contributed by atoms with Crippen LogP contribution < -0.4 is 9.64 Å². The van der Waals surface area contributed by atoms with E-state index in [0.717, 1.165) is 17.0 Å². The number of carbonyl (C=O) groups is 2. The van der Waals surface area contributed by atoms with Crippen LogP contribution in [0.5, 0.6) is 5.75 Å². The van der Waals surface area contributed by atoms with Gasteiger partial charge in [-0.1, -0.05) is 0 Å². The van der Waals surface area contributed by atoms with Crippen molar-refractivity contribution in [1.29, 1.82) is 0 Å². The zero-order valence-electron chi connectivity index (χ0n) is 10.5. The Labute approximate surface area is 108 Å². The van der Waals surface area contributed by atoms with Crippen molar-refractivity contribution in [3.63, 3.8) is 0 Å². The van der Waals surface area contributed by atoms with E-state index in [1.165, 1.54) is 21.1 Å². The number of nitrogens with zero attached hydrogens (tertiary/aromatic N) is 2. The molecule has 0 aliphatic rings. The third kappa shape index (κ3) is 2.79. The van der Waals surface area contributed by atoms with Gasteiger partial charge in [-0.05, 0) is 6.07 Å². The SMILES string of the molecule is COc1cc([N+](=O)[O-])c(N(C)C(C)=O)cc1C(=O)O. The summed E-state index contributed by atoms with van der Waals surface area (Å²) < 4.78 is 4.80. The standard InChI is InChI=1S/C11H12N2O6/c1-6(14)12(2)8-4-7(11(15)16)10(19-3)5-9(8)13(17)18/h4-5H,1-3H3,(H,15,16). The van der Waals surface area contributed by atoms with Crippen LogP contribution in [0.1, 0.15) is 17.3 Å². The highest BCUT2D eigenvalue weighted by Gasteiger charge is 2.25. The fraction of sp³-hybridized carbons (Fsp3) is 0.273. The van der Waals surface area contributed by atoms with E-state index in [-0.39, 0.29) is 17.0 Å². The summed E-state index contributed by atoms with van der Waals surface area (Å²) in [5.74, 6) is -1.89. The summed E-state index contributed by atoms with van der Waals surface area (Å²) >= 11 is 0. The predicted octanol–water partition coefficient (Wildman–Crippen LogP) is 1.28. The first kappa shape index (κ1) is 14.4. The van der Waals surface area contributed by atoms with Gasteiger partial charge in [0.2, 0.25) is 5.91 Å². The van der Waals surface area contributed by atoms with Gasteiger partial charge in [0.1, 0.15) is 17.0 Å². The second kappa shape index (κ2) is 5.34. The summed E-state index contributed by atoms with van der Waals surface area (Å²) in [6.45, 7) is 1.22. The Balaban J connectivity index is 3.59. The topological polar surface area (TPSA) is 110 Å². The number of hydrogen-bond donors (Lipinski definition) is 1. The van der Waals surface area contributed by atoms with E-state index >= 15 is 0 Å². The molecule has 0 radical (unpaired) electrons. The largest absolute Gasteiger partial charge is 0.496 e. The van der Waals surface area contributed by atoms with Gasteiger partial charge in [-0.15, -0.1) is 0 Å². The van der Waals surface area contributed by atoms with Crippen molar-refractivity contribution in [3.8, 4) is 5.75 Å². The number of carboxylic acid groups (broad SMARTS) is 1. The van der Waals surface area contributed by atoms with E-state index in [1.54, 1.807) is 0 Å². The van der Waals surface area contributed by atoms with E-state index in [0.29, 0.717) is 0 Å². The van der Waals surface area contributed by atoms with Gasteiger partial charge in [-0.3, -0.25) is 14.9 Å². The van der Waals surface area contributed by atoms with E-state index in [1.807, 2.05) is 0 Å². The second-order valence-electron chi connectivity index (χ2n) is 3.68. The van der Waals surface area contributed by atoms with Crippen LogP contribution in [0.15, 0.2) is 12.1 Å². The van der Waals surface area contributed by atoms with Crippen molar-refractivity contribution in [3.05, 3.63) is 27.8 Å². The average molecular weight is 268 g/mol. The van der Waals surface area contributed by atoms with Crippen LogP contribution in [-0.4, -0.2) is 36.1 Å². The van der Waals surface area contributed by atoms with E-state index in [9.17, 15) is 19.7 Å². The molecule has 1 rings (SSSR count). The molecule has 0 spiro atoms. The number of aromatic carboxylic acids is 1. The van der Waals surface area contributed by atoms with Crippen LogP contribution in [0.2, 0.25) is 0 Å². The number of benzene rings is 1. The number of anilines is 1. The Morgan fingerprint density at radius 1 is 1.42 bits per heavy atom. The Hall–Kier alpha value is -2.64. The molecule has 0 saturated carbocycles. The molecule has 1 N–H and O–H groups in total. The maximum atomic E-state index is 11.3. The number of nitro benzene ring substituents is 1. The summed E-state index contributed by atoms with van der Waals surface area (Å²) in [6, 6.07) is 2.03. The second-order valence-corrected chi connectivity index (χ2v) is 3.68. The highest BCUT2D eigenvalue weighted by Crippen LogP contribution is 2.34. The molecule has 1 aromatic carbocycles. The average Bonchev–Trinajstić information content (AvgIpc) is 2.35. The molecule has 0 aliphatic carbocycles. The number of rotatable bonds is 4. The minimum atomic E-state index is -1.30. The first-order chi connectivity index (χ1) is 8.79. The number of carbonyl (C=O) groups excluding carboxylic acids is 1. The summed E-state index contributed by atoms with van der Waals surface area (Å²) in [7, 11) is 2.53. The molecule has 8 heteroatoms. The lowest BCUT2D eigenvalue weighted by atomic mass is 10.1. The number of nitro groups is 1. The predicted molar refractivity (Wildman–Crippen MR) is 65.7 cm³/mol. The molecule has 0 aliphatic heterocycles. The Bertz CT molecular complexity index is 554. The van der Waals surface area contributed by atoms with Crippen LogP contribution in [-0.2, 0) is 4.79 Å². The van der Waals surface area contributed by atoms with Crippen molar-refractivity contribution < 1.29 is 24.4 Å². The zero-order valence-corrected chi connectivity index (χ0v) is 10.5. The third-order valence-corrected chi connectivity index (χ3v) is 2.56. The van der Waals surface area contributed by atoms with Gasteiger partial charge in [-0.25, -0.2) is 4.79 Å². The first-order valence-corrected chi connectivity index (χ1v) is 5.13. The van der Waals surface area contributed by atoms with Crippen LogP contribution >= 0.6 is 0 Å². The molecule has 0 atom stereocenters. The van der Waals surface area contributed by atoms with Crippen molar-refractivity contribution in [2.75, 3.05) is 19.1 Å². The normalized spacial score (nSPS) is 9.84. The van der Waals surface area contributed by atoms with Gasteiger partial charge < -0.3 is 14.7 Å². The Morgan fingerprint density at radius 3 is 2.37 bits per heavy atom. The zero-order chi connectivity index (χ0) is 14.7. The fourth-order valence-corrected chi connectivity index (χ4v) is 1.48. The maximum Gasteiger partial charge on any atom is 0.339 e. The van der Waals surface area contributed by atoms with Crippen LogP contribution in [0, 0.1) is 10.1 Å². The quantitative estimate of drug-likeness (QED) is 0.650. The molecular weight excluding hydrogens is 256 g/mol. The van der Waals surface area contributed by atoms with Crippen molar-refractivity contribution in [2.45, 2.75) is 6.92 Å². The summed E-state index contributed by atoms with van der Waals surface area (Å²) in [5, 5.41) is 20.0. The number of amides is 1. The fourth-order valence-electron chi connectivity index (χ4n) is 1.48. The Kier molecular flexibility index (Phi) is 4.05. The van der Waals surface area contributed by atoms with Crippen molar-refractivity contribution in [2.24, 2.45) is 0 Å². The van der Waals surface area contributed by atoms with Gasteiger partial charge in [0.25, 0.3) is 5.69 Å². The molecule has 19 heavy (non-hydrogen) atoms. The van der Waals surface area contributed by atoms with E-state index < -0.39 is 22.5 Å². The Morgan fingerprint density at radius 2 is 2.00 bits per heavy atom. The van der Waals surface area contributed by atoms with Gasteiger partial charge in [0.15, 0.2) is 0 Å². The van der Waals surface area contributed by atoms with Gasteiger partial charge in [-0.2, -0.15) is 0 Å². The lowest BCUT2D eigenvalue weighted by molar-refractivity contribution is -0.384. The molecule has 8 nitrogen and oxygen atoms in total. The third-order valence-electron chi connectivity index (χ3n) is 2.56. The lowest BCUT2D eigenvalue weighted by Crippen LogP contribution is -2.24. The molecule has 102 valence electrons. The molecular formula is C11H12N2O6. The van der Waals surface area contributed by atoms with Gasteiger partial charge in [0.05, 0.1) is 18.1 Å². The van der Waals surface area contributed by atoms with Gasteiger partial charge in [0, 0.05) is 14.0 Å². The van der Waals surface area contributed by atoms with Crippen LogP contribution in [0.25, 0.3) is 0 Å². The number of hydrogen-bond acceptors (Lipinski definition) is 5. The number of methoxy groups -OCH3 is 1. The molecule has 1 amide bonds. The highest BCUT2D eigenvalue weighted by atomic mass is 16.6. The maximum absolute atomic E-state index is 11.3. The summed E-state index contributed by atoms with van der Waals surface area (Å²) in [4.78, 5) is 33.6. The van der Waals surface area contributed by atoms with Crippen LogP contribution in [0.3, 0.4) is 0 Å². The monoisotopic (exact) mass is 268 g/mol. The highest BCUT2D eigenvalue weighted by molar-refractivity contribution is 5.98. The molecule has 0 aromatic heterocycles.